The molecule has 0 aromatic heterocycles. The van der Waals surface area contributed by atoms with Crippen LogP contribution in [0.15, 0.2) is 0 Å². The smallest absolute Gasteiger partial charge is 0.0597 e. The average molecular weight is 280 g/mol. The van der Waals surface area contributed by atoms with E-state index in [0.717, 1.165) is 29.6 Å². The third kappa shape index (κ3) is 3.24. The lowest BCUT2D eigenvalue weighted by molar-refractivity contribution is -0.0339. The van der Waals surface area contributed by atoms with Crippen molar-refractivity contribution in [3.63, 3.8) is 0 Å². The first kappa shape index (κ1) is 16.3. The van der Waals surface area contributed by atoms with Crippen molar-refractivity contribution in [3.8, 4) is 0 Å². The third-order valence-corrected chi connectivity index (χ3v) is 7.10. The van der Waals surface area contributed by atoms with Crippen LogP contribution in [0.25, 0.3) is 0 Å². The largest absolute Gasteiger partial charge is 0.381 e. The summed E-state index contributed by atoms with van der Waals surface area (Å²) in [4.78, 5) is 0. The summed E-state index contributed by atoms with van der Waals surface area (Å²) in [6.07, 6.45) is 8.86. The van der Waals surface area contributed by atoms with Crippen molar-refractivity contribution in [1.29, 1.82) is 0 Å². The van der Waals surface area contributed by atoms with Gasteiger partial charge < -0.3 is 4.74 Å². The second-order valence-corrected chi connectivity index (χ2v) is 8.55. The van der Waals surface area contributed by atoms with Crippen LogP contribution in [0, 0.1) is 35.0 Å². The highest BCUT2D eigenvalue weighted by Crippen LogP contribution is 2.51. The van der Waals surface area contributed by atoms with Gasteiger partial charge in [0.15, 0.2) is 0 Å². The summed E-state index contributed by atoms with van der Waals surface area (Å²) in [6, 6.07) is 0. The molecule has 0 aliphatic heterocycles. The van der Waals surface area contributed by atoms with Gasteiger partial charge in [0.25, 0.3) is 0 Å². The molecule has 2 aliphatic rings. The highest BCUT2D eigenvalue weighted by molar-refractivity contribution is 4.93. The molecule has 6 atom stereocenters. The van der Waals surface area contributed by atoms with E-state index in [0.29, 0.717) is 11.5 Å². The molecule has 2 fully saturated rings. The van der Waals surface area contributed by atoms with Gasteiger partial charge >= 0.3 is 0 Å². The van der Waals surface area contributed by atoms with Gasteiger partial charge in [0.05, 0.1) is 6.10 Å². The molecule has 1 nitrogen and oxygen atoms in total. The Kier molecular flexibility index (Phi) is 5.21. The highest BCUT2D eigenvalue weighted by atomic mass is 16.5. The Morgan fingerprint density at radius 2 is 1.30 bits per heavy atom. The Morgan fingerprint density at radius 3 is 1.80 bits per heavy atom. The minimum Gasteiger partial charge on any atom is -0.381 e. The Bertz CT molecular complexity index is 309. The Hall–Kier alpha value is -0.0400. The van der Waals surface area contributed by atoms with Crippen LogP contribution in [-0.4, -0.2) is 13.2 Å². The summed E-state index contributed by atoms with van der Waals surface area (Å²) in [5.74, 6) is 4.42. The van der Waals surface area contributed by atoms with Crippen LogP contribution in [0.3, 0.4) is 0 Å². The molecule has 0 radical (unpaired) electrons. The summed E-state index contributed by atoms with van der Waals surface area (Å²) in [5.41, 5.74) is 0.515. The first-order chi connectivity index (χ1) is 9.36. The first-order valence-electron chi connectivity index (χ1n) is 8.89. The second kappa shape index (κ2) is 6.38. The zero-order chi connectivity index (χ0) is 14.9. The van der Waals surface area contributed by atoms with Gasteiger partial charge in [-0.3, -0.25) is 0 Å². The van der Waals surface area contributed by atoms with Crippen LogP contribution in [0.2, 0.25) is 0 Å². The number of hydrogen-bond donors (Lipinski definition) is 0. The fourth-order valence-corrected chi connectivity index (χ4v) is 4.95. The van der Waals surface area contributed by atoms with Gasteiger partial charge in [-0.25, -0.2) is 0 Å². The number of methoxy groups -OCH3 is 1. The number of rotatable bonds is 3. The van der Waals surface area contributed by atoms with Crippen molar-refractivity contribution < 1.29 is 4.74 Å². The van der Waals surface area contributed by atoms with Crippen LogP contribution in [0.4, 0.5) is 0 Å². The molecule has 0 aromatic rings. The maximum Gasteiger partial charge on any atom is 0.0597 e. The predicted octanol–water partition coefficient (Wildman–Crippen LogP) is 5.54. The molecule has 6 unspecified atom stereocenters. The average Bonchev–Trinajstić information content (AvgIpc) is 2.41. The molecule has 0 heterocycles. The molecule has 2 saturated carbocycles. The molecule has 1 heteroatoms. The fraction of sp³-hybridized carbons (Fsp3) is 1.00. The molecule has 2 aliphatic carbocycles. The molecule has 118 valence electrons. The van der Waals surface area contributed by atoms with Crippen LogP contribution in [0.1, 0.15) is 73.1 Å². The van der Waals surface area contributed by atoms with Crippen LogP contribution in [-0.2, 0) is 4.74 Å². The van der Waals surface area contributed by atoms with E-state index >= 15 is 0 Å². The molecular formula is C19H36O. The predicted molar refractivity (Wildman–Crippen MR) is 86.8 cm³/mol. The van der Waals surface area contributed by atoms with Crippen molar-refractivity contribution in [1.82, 2.24) is 0 Å². The van der Waals surface area contributed by atoms with Crippen LogP contribution in [0.5, 0.6) is 0 Å². The topological polar surface area (TPSA) is 9.23 Å². The third-order valence-electron chi connectivity index (χ3n) is 7.10. The van der Waals surface area contributed by atoms with Gasteiger partial charge in [-0.15, -0.1) is 0 Å². The zero-order valence-corrected chi connectivity index (χ0v) is 14.6. The summed E-state index contributed by atoms with van der Waals surface area (Å²) in [7, 11) is 1.89. The quantitative estimate of drug-likeness (QED) is 0.660. The SMILES string of the molecule is COC1CCC(C(C)(C)C2CCC(C)C(C)C2)CC1C. The lowest BCUT2D eigenvalue weighted by atomic mass is 9.57. The normalized spacial score (nSPS) is 43.5. The van der Waals surface area contributed by atoms with Gasteiger partial charge in [-0.1, -0.05) is 41.0 Å². The molecule has 2 rings (SSSR count). The van der Waals surface area contributed by atoms with Crippen molar-refractivity contribution in [2.75, 3.05) is 7.11 Å². The first-order valence-corrected chi connectivity index (χ1v) is 8.89. The van der Waals surface area contributed by atoms with E-state index in [2.05, 4.69) is 34.6 Å². The lowest BCUT2D eigenvalue weighted by Gasteiger charge is -2.49. The highest BCUT2D eigenvalue weighted by Gasteiger charge is 2.42. The Labute approximate surface area is 126 Å². The Morgan fingerprint density at radius 1 is 0.750 bits per heavy atom. The van der Waals surface area contributed by atoms with Crippen LogP contribution >= 0.6 is 0 Å². The lowest BCUT2D eigenvalue weighted by Crippen LogP contribution is -2.41. The van der Waals surface area contributed by atoms with E-state index in [9.17, 15) is 0 Å². The van der Waals surface area contributed by atoms with Gasteiger partial charge in [0.2, 0.25) is 0 Å². The number of hydrogen-bond acceptors (Lipinski definition) is 1. The Balaban J connectivity index is 2.00. The van der Waals surface area contributed by atoms with Crippen molar-refractivity contribution >= 4 is 0 Å². The van der Waals surface area contributed by atoms with Crippen molar-refractivity contribution in [2.45, 2.75) is 79.2 Å². The van der Waals surface area contributed by atoms with Crippen molar-refractivity contribution in [3.05, 3.63) is 0 Å². The minimum atomic E-state index is 0.507. The molecule has 0 bridgehead atoms. The molecule has 0 amide bonds. The number of ether oxygens (including phenoxy) is 1. The maximum atomic E-state index is 5.64. The van der Waals surface area contributed by atoms with Crippen LogP contribution < -0.4 is 0 Å². The van der Waals surface area contributed by atoms with E-state index in [1.54, 1.807) is 0 Å². The molecule has 0 saturated heterocycles. The zero-order valence-electron chi connectivity index (χ0n) is 14.6. The second-order valence-electron chi connectivity index (χ2n) is 8.55. The van der Waals surface area contributed by atoms with Gasteiger partial charge in [0, 0.05) is 7.11 Å². The molecule has 0 aromatic carbocycles. The molecule has 0 spiro atoms. The van der Waals surface area contributed by atoms with E-state index < -0.39 is 0 Å². The monoisotopic (exact) mass is 280 g/mol. The molecule has 20 heavy (non-hydrogen) atoms. The maximum absolute atomic E-state index is 5.64. The summed E-state index contributed by atoms with van der Waals surface area (Å²) >= 11 is 0. The van der Waals surface area contributed by atoms with Crippen molar-refractivity contribution in [2.24, 2.45) is 35.0 Å². The van der Waals surface area contributed by atoms with E-state index in [-0.39, 0.29) is 0 Å². The van der Waals surface area contributed by atoms with E-state index in [4.69, 9.17) is 4.74 Å². The van der Waals surface area contributed by atoms with Gasteiger partial charge in [0.1, 0.15) is 0 Å². The summed E-state index contributed by atoms with van der Waals surface area (Å²) in [5, 5.41) is 0. The fourth-order valence-electron chi connectivity index (χ4n) is 4.95. The molecule has 0 N–H and O–H groups in total. The summed E-state index contributed by atoms with van der Waals surface area (Å²) < 4.78 is 5.64. The van der Waals surface area contributed by atoms with Gasteiger partial charge in [-0.2, -0.15) is 0 Å². The standard InChI is InChI=1S/C19H36O/c1-13-7-8-16(11-14(13)2)19(4,5)17-9-10-18(20-6)15(3)12-17/h13-18H,7-12H2,1-6H3. The van der Waals surface area contributed by atoms with Gasteiger partial charge in [-0.05, 0) is 67.1 Å². The van der Waals surface area contributed by atoms with E-state index in [1.807, 2.05) is 7.11 Å². The molecular weight excluding hydrogens is 244 g/mol. The summed E-state index contributed by atoms with van der Waals surface area (Å²) in [6.45, 7) is 12.4. The van der Waals surface area contributed by atoms with E-state index in [1.165, 1.54) is 38.5 Å². The minimum absolute atomic E-state index is 0.507.